The lowest BCUT2D eigenvalue weighted by molar-refractivity contribution is -0.138. The second-order valence-electron chi connectivity index (χ2n) is 5.99. The Morgan fingerprint density at radius 2 is 1.61 bits per heavy atom. The van der Waals surface area contributed by atoms with Crippen LogP contribution in [0.3, 0.4) is 0 Å². The van der Waals surface area contributed by atoms with Crippen molar-refractivity contribution in [2.75, 3.05) is 5.32 Å². The van der Waals surface area contributed by atoms with Crippen molar-refractivity contribution in [1.82, 2.24) is 10.3 Å². The maximum atomic E-state index is 13.0. The number of benzene rings is 2. The minimum absolute atomic E-state index is 0.0637. The Morgan fingerprint density at radius 3 is 2.23 bits per heavy atom. The summed E-state index contributed by atoms with van der Waals surface area (Å²) >= 11 is 11.8. The van der Waals surface area contributed by atoms with Gasteiger partial charge < -0.3 is 10.1 Å². The van der Waals surface area contributed by atoms with Crippen LogP contribution in [0.2, 0.25) is 10.0 Å². The molecule has 0 bridgehead atoms. The normalized spacial score (nSPS) is 11.0. The monoisotopic (exact) mass is 469 g/mol. The Morgan fingerprint density at radius 1 is 0.935 bits per heavy atom. The molecule has 0 aliphatic heterocycles. The molecule has 3 aromatic rings. The van der Waals surface area contributed by atoms with E-state index in [1.807, 2.05) is 0 Å². The number of aromatic nitrogens is 1. The fraction of sp³-hybridized carbons (Fsp3) is 0.0500. The molecule has 1 aromatic heterocycles. The molecule has 3 rings (SSSR count). The van der Waals surface area contributed by atoms with E-state index in [2.05, 4.69) is 15.6 Å². The Kier molecular flexibility index (Phi) is 6.67. The third-order valence-corrected chi connectivity index (χ3v) is 4.45. The van der Waals surface area contributed by atoms with Crippen LogP contribution in [-0.4, -0.2) is 16.9 Å². The van der Waals surface area contributed by atoms with Crippen molar-refractivity contribution < 1.29 is 27.5 Å². The summed E-state index contributed by atoms with van der Waals surface area (Å²) in [6.07, 6.45) is -3.44. The molecule has 0 unspecified atom stereocenters. The number of halogens is 5. The van der Waals surface area contributed by atoms with Crippen molar-refractivity contribution in [1.29, 1.82) is 0 Å². The molecule has 3 amide bonds. The molecule has 160 valence electrons. The van der Waals surface area contributed by atoms with E-state index < -0.39 is 29.4 Å². The maximum Gasteiger partial charge on any atom is 0.419 e. The van der Waals surface area contributed by atoms with Crippen LogP contribution in [0.25, 0.3) is 0 Å². The Balaban J connectivity index is 1.65. The lowest BCUT2D eigenvalue weighted by atomic mass is 10.2. The quantitative estimate of drug-likeness (QED) is 0.479. The van der Waals surface area contributed by atoms with Crippen molar-refractivity contribution in [3.05, 3.63) is 82.0 Å². The molecular weight excluding hydrogens is 458 g/mol. The minimum atomic E-state index is -4.59. The maximum absolute atomic E-state index is 13.0. The topological polar surface area (TPSA) is 80.3 Å². The summed E-state index contributed by atoms with van der Waals surface area (Å²) in [7, 11) is 0. The summed E-state index contributed by atoms with van der Waals surface area (Å²) in [5.74, 6) is -1.35. The second-order valence-corrected chi connectivity index (χ2v) is 6.80. The molecule has 0 spiro atoms. The minimum Gasteiger partial charge on any atom is -0.438 e. The number of carbonyl (C=O) groups is 2. The van der Waals surface area contributed by atoms with Gasteiger partial charge in [0, 0.05) is 6.07 Å². The van der Waals surface area contributed by atoms with E-state index in [0.29, 0.717) is 0 Å². The average Bonchev–Trinajstić information content (AvgIpc) is 2.69. The van der Waals surface area contributed by atoms with Crippen molar-refractivity contribution >= 4 is 40.8 Å². The molecule has 0 fully saturated rings. The van der Waals surface area contributed by atoms with Gasteiger partial charge in [-0.15, -0.1) is 0 Å². The highest BCUT2D eigenvalue weighted by molar-refractivity contribution is 6.40. The van der Waals surface area contributed by atoms with E-state index in [-0.39, 0.29) is 27.2 Å². The van der Waals surface area contributed by atoms with Gasteiger partial charge in [-0.2, -0.15) is 13.2 Å². The molecule has 1 heterocycles. The highest BCUT2D eigenvalue weighted by atomic mass is 35.5. The summed E-state index contributed by atoms with van der Waals surface area (Å²) in [6, 6.07) is 10.8. The van der Waals surface area contributed by atoms with Gasteiger partial charge >= 0.3 is 12.2 Å². The number of alkyl halides is 3. The van der Waals surface area contributed by atoms with E-state index in [9.17, 15) is 22.8 Å². The first-order valence-corrected chi connectivity index (χ1v) is 9.27. The summed E-state index contributed by atoms with van der Waals surface area (Å²) in [6.45, 7) is 0. The first kappa shape index (κ1) is 22.4. The van der Waals surface area contributed by atoms with Crippen molar-refractivity contribution in [2.45, 2.75) is 6.18 Å². The largest absolute Gasteiger partial charge is 0.438 e. The van der Waals surface area contributed by atoms with Crippen LogP contribution >= 0.6 is 23.2 Å². The van der Waals surface area contributed by atoms with Gasteiger partial charge in [-0.3, -0.25) is 10.1 Å². The van der Waals surface area contributed by atoms with Gasteiger partial charge in [0.2, 0.25) is 5.88 Å². The molecule has 0 aliphatic rings. The SMILES string of the molecule is O=C(NC(=O)c1c(Cl)cccc1Cl)Nc1ccc(Oc2ccccc2C(F)(F)F)nc1. The molecule has 6 nitrogen and oxygen atoms in total. The van der Waals surface area contributed by atoms with Crippen molar-refractivity contribution in [2.24, 2.45) is 0 Å². The molecule has 11 heteroatoms. The third-order valence-electron chi connectivity index (χ3n) is 3.82. The van der Waals surface area contributed by atoms with Gasteiger partial charge in [-0.25, -0.2) is 9.78 Å². The summed E-state index contributed by atoms with van der Waals surface area (Å²) in [4.78, 5) is 28.1. The van der Waals surface area contributed by atoms with E-state index in [0.717, 1.165) is 18.3 Å². The average molecular weight is 470 g/mol. The summed E-state index contributed by atoms with van der Waals surface area (Å²) < 4.78 is 44.3. The first-order valence-electron chi connectivity index (χ1n) is 8.51. The molecule has 0 saturated carbocycles. The second kappa shape index (κ2) is 9.23. The van der Waals surface area contributed by atoms with E-state index in [1.54, 1.807) is 6.07 Å². The van der Waals surface area contributed by atoms with Crippen LogP contribution in [0.5, 0.6) is 11.6 Å². The zero-order valence-corrected chi connectivity index (χ0v) is 16.8. The van der Waals surface area contributed by atoms with Crippen LogP contribution in [0.1, 0.15) is 15.9 Å². The number of hydrogen-bond donors (Lipinski definition) is 2. The number of hydrogen-bond acceptors (Lipinski definition) is 4. The van der Waals surface area contributed by atoms with Gasteiger partial charge in [0.05, 0.1) is 33.1 Å². The smallest absolute Gasteiger partial charge is 0.419 e. The molecule has 0 radical (unpaired) electrons. The zero-order chi connectivity index (χ0) is 22.6. The molecular formula is C20H12Cl2F3N3O3. The van der Waals surface area contributed by atoms with Gasteiger partial charge in [0.25, 0.3) is 5.91 Å². The van der Waals surface area contributed by atoms with Gasteiger partial charge in [-0.1, -0.05) is 41.4 Å². The van der Waals surface area contributed by atoms with Crippen LogP contribution in [-0.2, 0) is 6.18 Å². The fourth-order valence-corrected chi connectivity index (χ4v) is 3.03. The number of ether oxygens (including phenoxy) is 1. The van der Waals surface area contributed by atoms with Gasteiger partial charge in [0.15, 0.2) is 0 Å². The first-order chi connectivity index (χ1) is 14.6. The highest BCUT2D eigenvalue weighted by Gasteiger charge is 2.34. The van der Waals surface area contributed by atoms with Gasteiger partial charge in [-0.05, 0) is 30.3 Å². The molecule has 2 aromatic carbocycles. The zero-order valence-electron chi connectivity index (χ0n) is 15.3. The van der Waals surface area contributed by atoms with E-state index in [4.69, 9.17) is 27.9 Å². The Bertz CT molecular complexity index is 1100. The van der Waals surface area contributed by atoms with Crippen LogP contribution in [0.15, 0.2) is 60.8 Å². The predicted molar refractivity (Wildman–Crippen MR) is 109 cm³/mol. The Hall–Kier alpha value is -3.30. The molecule has 0 atom stereocenters. The number of pyridine rings is 1. The number of amides is 3. The number of urea groups is 1. The predicted octanol–water partition coefficient (Wildman–Crippen LogP) is 6.16. The standard InChI is InChI=1S/C20H12Cl2F3N3O3/c21-13-5-3-6-14(22)17(13)18(29)28-19(30)27-11-8-9-16(26-10-11)31-15-7-2-1-4-12(15)20(23,24)25/h1-10H,(H2,27,28,29,30). The molecule has 0 saturated heterocycles. The number of nitrogens with one attached hydrogen (secondary N) is 2. The summed E-state index contributed by atoms with van der Waals surface area (Å²) in [5.41, 5.74) is -0.853. The van der Waals surface area contributed by atoms with Crippen LogP contribution in [0, 0.1) is 0 Å². The Labute approximate surface area is 183 Å². The van der Waals surface area contributed by atoms with E-state index >= 15 is 0 Å². The molecule has 31 heavy (non-hydrogen) atoms. The number of carbonyl (C=O) groups excluding carboxylic acids is 2. The molecule has 0 aliphatic carbocycles. The van der Waals surface area contributed by atoms with Crippen LogP contribution in [0.4, 0.5) is 23.7 Å². The third kappa shape index (κ3) is 5.65. The molecule has 2 N–H and O–H groups in total. The van der Waals surface area contributed by atoms with Crippen LogP contribution < -0.4 is 15.4 Å². The highest BCUT2D eigenvalue weighted by Crippen LogP contribution is 2.37. The van der Waals surface area contributed by atoms with E-state index in [1.165, 1.54) is 36.4 Å². The van der Waals surface area contributed by atoms with Gasteiger partial charge in [0.1, 0.15) is 5.75 Å². The fourth-order valence-electron chi connectivity index (χ4n) is 2.46. The van der Waals surface area contributed by atoms with Crippen molar-refractivity contribution in [3.63, 3.8) is 0 Å². The van der Waals surface area contributed by atoms with Crippen molar-refractivity contribution in [3.8, 4) is 11.6 Å². The number of imide groups is 1. The number of para-hydroxylation sites is 1. The number of anilines is 1. The summed E-state index contributed by atoms with van der Waals surface area (Å²) in [5, 5.41) is 4.56. The number of nitrogens with zero attached hydrogens (tertiary/aromatic N) is 1. The lowest BCUT2D eigenvalue weighted by Crippen LogP contribution is -2.34. The number of rotatable bonds is 4. The lowest BCUT2D eigenvalue weighted by Gasteiger charge is -2.13.